The number of carbonyl (C=O) groups is 2. The number of nitrogens with zero attached hydrogens (tertiary/aromatic N) is 2. The molecule has 2 N–H and O–H groups in total. The van der Waals surface area contributed by atoms with Crippen molar-refractivity contribution in [2.24, 2.45) is 5.73 Å². The highest BCUT2D eigenvalue weighted by molar-refractivity contribution is 5.78. The van der Waals surface area contributed by atoms with Gasteiger partial charge in [0.2, 0.25) is 11.8 Å². The van der Waals surface area contributed by atoms with Gasteiger partial charge in [-0.25, -0.2) is 0 Å². The SMILES string of the molecule is CCCC(=O)N1CCN(C(=O)CCN)CC1. The van der Waals surface area contributed by atoms with E-state index in [1.54, 1.807) is 4.90 Å². The largest absolute Gasteiger partial charge is 0.339 e. The molecule has 0 aromatic rings. The highest BCUT2D eigenvalue weighted by Gasteiger charge is 2.22. The number of rotatable bonds is 4. The topological polar surface area (TPSA) is 66.6 Å². The van der Waals surface area contributed by atoms with Crippen LogP contribution in [0.5, 0.6) is 0 Å². The fourth-order valence-electron chi connectivity index (χ4n) is 1.86. The molecule has 2 amide bonds. The van der Waals surface area contributed by atoms with E-state index in [0.29, 0.717) is 45.6 Å². The van der Waals surface area contributed by atoms with Gasteiger partial charge in [0.15, 0.2) is 0 Å². The number of nitrogens with two attached hydrogens (primary N) is 1. The molecule has 1 heterocycles. The van der Waals surface area contributed by atoms with Crippen LogP contribution in [0.2, 0.25) is 0 Å². The summed E-state index contributed by atoms with van der Waals surface area (Å²) in [5.74, 6) is 0.304. The zero-order chi connectivity index (χ0) is 12.0. The smallest absolute Gasteiger partial charge is 0.223 e. The summed E-state index contributed by atoms with van der Waals surface area (Å²) >= 11 is 0. The second-order valence-corrected chi connectivity index (χ2v) is 4.05. The third kappa shape index (κ3) is 3.48. The first-order valence-electron chi connectivity index (χ1n) is 5.94. The fraction of sp³-hybridized carbons (Fsp3) is 0.818. The molecule has 0 spiro atoms. The molecule has 92 valence electrons. The van der Waals surface area contributed by atoms with Crippen LogP contribution in [-0.4, -0.2) is 54.3 Å². The van der Waals surface area contributed by atoms with Gasteiger partial charge in [-0.1, -0.05) is 6.92 Å². The fourth-order valence-corrected chi connectivity index (χ4v) is 1.86. The van der Waals surface area contributed by atoms with Crippen LogP contribution in [0.3, 0.4) is 0 Å². The predicted molar refractivity (Wildman–Crippen MR) is 61.7 cm³/mol. The Morgan fingerprint density at radius 2 is 1.44 bits per heavy atom. The van der Waals surface area contributed by atoms with E-state index < -0.39 is 0 Å². The Morgan fingerprint density at radius 3 is 1.81 bits per heavy atom. The highest BCUT2D eigenvalue weighted by Crippen LogP contribution is 2.06. The zero-order valence-corrected chi connectivity index (χ0v) is 9.95. The molecule has 1 saturated heterocycles. The number of amides is 2. The van der Waals surface area contributed by atoms with Crippen molar-refractivity contribution in [2.75, 3.05) is 32.7 Å². The van der Waals surface area contributed by atoms with Crippen LogP contribution in [0, 0.1) is 0 Å². The zero-order valence-electron chi connectivity index (χ0n) is 9.95. The first-order chi connectivity index (χ1) is 7.69. The van der Waals surface area contributed by atoms with Crippen molar-refractivity contribution in [3.8, 4) is 0 Å². The highest BCUT2D eigenvalue weighted by atomic mass is 16.2. The summed E-state index contributed by atoms with van der Waals surface area (Å²) in [6.45, 7) is 5.01. The second-order valence-electron chi connectivity index (χ2n) is 4.05. The van der Waals surface area contributed by atoms with Gasteiger partial charge in [-0.2, -0.15) is 0 Å². The number of hydrogen-bond acceptors (Lipinski definition) is 3. The Balaban J connectivity index is 2.33. The molecule has 0 aromatic heterocycles. The average Bonchev–Trinajstić information content (AvgIpc) is 2.30. The molecule has 16 heavy (non-hydrogen) atoms. The maximum Gasteiger partial charge on any atom is 0.223 e. The van der Waals surface area contributed by atoms with E-state index in [4.69, 9.17) is 5.73 Å². The lowest BCUT2D eigenvalue weighted by Crippen LogP contribution is -2.50. The van der Waals surface area contributed by atoms with Gasteiger partial charge in [-0.05, 0) is 6.42 Å². The Morgan fingerprint density at radius 1 is 1.00 bits per heavy atom. The quantitative estimate of drug-likeness (QED) is 0.723. The molecule has 0 saturated carbocycles. The van der Waals surface area contributed by atoms with Crippen LogP contribution in [0.15, 0.2) is 0 Å². The summed E-state index contributed by atoms with van der Waals surface area (Å²) in [6.07, 6.45) is 1.89. The van der Waals surface area contributed by atoms with Gasteiger partial charge in [-0.15, -0.1) is 0 Å². The summed E-state index contributed by atoms with van der Waals surface area (Å²) in [5, 5.41) is 0. The van der Waals surface area contributed by atoms with Crippen molar-refractivity contribution in [1.29, 1.82) is 0 Å². The minimum absolute atomic E-state index is 0.102. The third-order valence-corrected chi connectivity index (χ3v) is 2.81. The lowest BCUT2D eigenvalue weighted by Gasteiger charge is -2.34. The van der Waals surface area contributed by atoms with E-state index >= 15 is 0 Å². The molecule has 0 aromatic carbocycles. The summed E-state index contributed by atoms with van der Waals surface area (Å²) in [7, 11) is 0. The van der Waals surface area contributed by atoms with Crippen molar-refractivity contribution in [3.63, 3.8) is 0 Å². The Kier molecular flexibility index (Phi) is 5.25. The average molecular weight is 227 g/mol. The standard InChI is InChI=1S/C11H21N3O2/c1-2-3-10(15)13-6-8-14(9-7-13)11(16)4-5-12/h2-9,12H2,1H3. The summed E-state index contributed by atoms with van der Waals surface area (Å²) in [4.78, 5) is 26.8. The first-order valence-corrected chi connectivity index (χ1v) is 5.94. The molecule has 1 fully saturated rings. The molecular weight excluding hydrogens is 206 g/mol. The number of hydrogen-bond donors (Lipinski definition) is 1. The van der Waals surface area contributed by atoms with Gasteiger partial charge in [0, 0.05) is 45.6 Å². The normalized spacial score (nSPS) is 16.4. The molecule has 1 rings (SSSR count). The lowest BCUT2D eigenvalue weighted by molar-refractivity contribution is -0.139. The van der Waals surface area contributed by atoms with E-state index in [0.717, 1.165) is 6.42 Å². The van der Waals surface area contributed by atoms with Crippen LogP contribution in [0.1, 0.15) is 26.2 Å². The number of carbonyl (C=O) groups excluding carboxylic acids is 2. The second kappa shape index (κ2) is 6.48. The first kappa shape index (κ1) is 13.0. The van der Waals surface area contributed by atoms with Crippen molar-refractivity contribution >= 4 is 11.8 Å². The molecular formula is C11H21N3O2. The van der Waals surface area contributed by atoms with Gasteiger partial charge < -0.3 is 15.5 Å². The van der Waals surface area contributed by atoms with Gasteiger partial charge in [0.05, 0.1) is 0 Å². The Bertz CT molecular complexity index is 222. The molecule has 1 aliphatic rings. The maximum absolute atomic E-state index is 11.6. The van der Waals surface area contributed by atoms with Crippen molar-refractivity contribution in [1.82, 2.24) is 9.80 Å². The van der Waals surface area contributed by atoms with Crippen LogP contribution in [-0.2, 0) is 9.59 Å². The van der Waals surface area contributed by atoms with E-state index in [1.165, 1.54) is 0 Å². The number of piperazine rings is 1. The van der Waals surface area contributed by atoms with Crippen LogP contribution >= 0.6 is 0 Å². The van der Waals surface area contributed by atoms with Crippen LogP contribution < -0.4 is 5.73 Å². The monoisotopic (exact) mass is 227 g/mol. The predicted octanol–water partition coefficient (Wildman–Crippen LogP) is -0.194. The molecule has 0 radical (unpaired) electrons. The van der Waals surface area contributed by atoms with E-state index in [-0.39, 0.29) is 11.8 Å². The van der Waals surface area contributed by atoms with Gasteiger partial charge >= 0.3 is 0 Å². The third-order valence-electron chi connectivity index (χ3n) is 2.81. The van der Waals surface area contributed by atoms with Crippen molar-refractivity contribution < 1.29 is 9.59 Å². The van der Waals surface area contributed by atoms with Gasteiger partial charge in [0.1, 0.15) is 0 Å². The van der Waals surface area contributed by atoms with Gasteiger partial charge in [0.25, 0.3) is 0 Å². The molecule has 0 atom stereocenters. The lowest BCUT2D eigenvalue weighted by atomic mass is 10.2. The maximum atomic E-state index is 11.6. The summed E-state index contributed by atoms with van der Waals surface area (Å²) in [6, 6.07) is 0. The summed E-state index contributed by atoms with van der Waals surface area (Å²) in [5.41, 5.74) is 5.34. The molecule has 5 nitrogen and oxygen atoms in total. The van der Waals surface area contributed by atoms with E-state index in [1.807, 2.05) is 11.8 Å². The van der Waals surface area contributed by atoms with Crippen molar-refractivity contribution in [2.45, 2.75) is 26.2 Å². The van der Waals surface area contributed by atoms with Crippen molar-refractivity contribution in [3.05, 3.63) is 0 Å². The van der Waals surface area contributed by atoms with E-state index in [2.05, 4.69) is 0 Å². The Labute approximate surface area is 96.6 Å². The minimum Gasteiger partial charge on any atom is -0.339 e. The minimum atomic E-state index is 0.102. The van der Waals surface area contributed by atoms with Crippen LogP contribution in [0.25, 0.3) is 0 Å². The Hall–Kier alpha value is -1.10. The summed E-state index contributed by atoms with van der Waals surface area (Å²) < 4.78 is 0. The molecule has 1 aliphatic heterocycles. The molecule has 5 heteroatoms. The molecule has 0 bridgehead atoms. The van der Waals surface area contributed by atoms with E-state index in [9.17, 15) is 9.59 Å². The molecule has 0 aliphatic carbocycles. The van der Waals surface area contributed by atoms with Gasteiger partial charge in [-0.3, -0.25) is 9.59 Å². The van der Waals surface area contributed by atoms with Crippen LogP contribution in [0.4, 0.5) is 0 Å². The molecule has 0 unspecified atom stereocenters.